The number of urea groups is 1. The number of amides is 2. The number of methoxy groups -OCH3 is 1. The Hall–Kier alpha value is -2.68. The number of anilines is 2. The minimum Gasteiger partial charge on any atom is -0.595 e. The van der Waals surface area contributed by atoms with Gasteiger partial charge in [-0.3, -0.25) is 5.32 Å². The fourth-order valence-electron chi connectivity index (χ4n) is 1.80. The maximum absolute atomic E-state index is 11.9. The number of benzene rings is 1. The summed E-state index contributed by atoms with van der Waals surface area (Å²) in [6.45, 7) is 1.89. The maximum Gasteiger partial charge on any atom is 0.324 e. The Bertz CT molecular complexity index is 676. The fraction of sp³-hybridized carbons (Fsp3) is 0.143. The summed E-state index contributed by atoms with van der Waals surface area (Å²) in [5.41, 5.74) is 1.40. The van der Waals surface area contributed by atoms with Gasteiger partial charge in [0, 0.05) is 18.3 Å². The van der Waals surface area contributed by atoms with Gasteiger partial charge in [0.2, 0.25) is 0 Å². The van der Waals surface area contributed by atoms with Crippen molar-refractivity contribution in [1.29, 1.82) is 0 Å². The van der Waals surface area contributed by atoms with Gasteiger partial charge in [0.1, 0.15) is 11.6 Å². The highest BCUT2D eigenvalue weighted by Gasteiger charge is 2.11. The monoisotopic (exact) mass is 304 g/mol. The van der Waals surface area contributed by atoms with Crippen molar-refractivity contribution in [3.05, 3.63) is 47.3 Å². The minimum atomic E-state index is -1.07. The summed E-state index contributed by atoms with van der Waals surface area (Å²) in [7, 11) is 1.39. The zero-order valence-electron chi connectivity index (χ0n) is 12.1. The highest BCUT2D eigenvalue weighted by atomic mass is 16.8. The number of hydrogen-bond donors (Lipinski definition) is 4. The average molecular weight is 304 g/mol. The summed E-state index contributed by atoms with van der Waals surface area (Å²) in [6, 6.07) is 7.22. The van der Waals surface area contributed by atoms with Crippen LogP contribution >= 0.6 is 0 Å². The van der Waals surface area contributed by atoms with Crippen LogP contribution in [0.1, 0.15) is 5.56 Å². The van der Waals surface area contributed by atoms with E-state index in [9.17, 15) is 10.0 Å². The molecule has 0 saturated carbocycles. The number of carbonyl (C=O) groups excluding carboxylic acids is 1. The van der Waals surface area contributed by atoms with Crippen LogP contribution in [-0.4, -0.2) is 23.3 Å². The first-order chi connectivity index (χ1) is 10.5. The van der Waals surface area contributed by atoms with Crippen LogP contribution in [-0.2, 0) is 0 Å². The molecule has 8 nitrogen and oxygen atoms in total. The number of rotatable bonds is 4. The quantitative estimate of drug-likeness (QED) is 0.639. The average Bonchev–Trinajstić information content (AvgIpc) is 2.47. The number of carbonyl (C=O) groups is 1. The van der Waals surface area contributed by atoms with Gasteiger partial charge in [-0.25, -0.2) is 15.0 Å². The first-order valence-electron chi connectivity index (χ1n) is 6.41. The normalized spacial score (nSPS) is 11.6. The van der Waals surface area contributed by atoms with Gasteiger partial charge in [0.25, 0.3) is 0 Å². The third kappa shape index (κ3) is 3.92. The Morgan fingerprint density at radius 1 is 1.32 bits per heavy atom. The van der Waals surface area contributed by atoms with E-state index < -0.39 is 11.3 Å². The van der Waals surface area contributed by atoms with E-state index in [1.54, 1.807) is 12.3 Å². The molecule has 22 heavy (non-hydrogen) atoms. The Balaban J connectivity index is 2.11. The molecule has 0 radical (unpaired) electrons. The van der Waals surface area contributed by atoms with Crippen LogP contribution in [0.15, 0.2) is 36.5 Å². The molecule has 0 aliphatic carbocycles. The standard InChI is InChI=1S/C14H16N4O4/c1-9-5-6-15-13(7-9)17-14(19)16-11-4-3-10(18(20)21)8-12(11)22-2/h3-8,18,20H,1-2H3,(H2,15,16,17,19). The Kier molecular flexibility index (Phi) is 4.89. The van der Waals surface area contributed by atoms with Crippen molar-refractivity contribution < 1.29 is 20.0 Å². The van der Waals surface area contributed by atoms with Crippen molar-refractivity contribution in [3.8, 4) is 5.75 Å². The molecule has 116 valence electrons. The molecule has 0 aliphatic heterocycles. The van der Waals surface area contributed by atoms with E-state index in [0.717, 1.165) is 5.56 Å². The van der Waals surface area contributed by atoms with Crippen molar-refractivity contribution in [2.24, 2.45) is 0 Å². The number of pyridine rings is 1. The summed E-state index contributed by atoms with van der Waals surface area (Å²) in [5.74, 6) is 0.672. The molecule has 1 unspecified atom stereocenters. The zero-order chi connectivity index (χ0) is 16.1. The molecule has 1 atom stereocenters. The Morgan fingerprint density at radius 3 is 2.73 bits per heavy atom. The van der Waals surface area contributed by atoms with E-state index >= 15 is 0 Å². The summed E-state index contributed by atoms with van der Waals surface area (Å²) < 4.78 is 5.08. The molecule has 4 N–H and O–H groups in total. The summed E-state index contributed by atoms with van der Waals surface area (Å²) in [4.78, 5) is 16.0. The predicted octanol–water partition coefficient (Wildman–Crippen LogP) is 1.45. The number of ether oxygens (including phenoxy) is 1. The SMILES string of the molecule is COc1cc([NH+]([O-])O)ccc1NC(=O)Nc1cc(C)ccn1. The molecule has 1 aromatic carbocycles. The first-order valence-corrected chi connectivity index (χ1v) is 6.41. The Labute approximate surface area is 126 Å². The van der Waals surface area contributed by atoms with Crippen LogP contribution in [0.2, 0.25) is 0 Å². The lowest BCUT2D eigenvalue weighted by Crippen LogP contribution is -2.99. The molecule has 0 aliphatic rings. The van der Waals surface area contributed by atoms with Crippen LogP contribution in [0.3, 0.4) is 0 Å². The van der Waals surface area contributed by atoms with E-state index in [4.69, 9.17) is 9.94 Å². The molecule has 0 bridgehead atoms. The molecule has 2 aromatic rings. The lowest BCUT2D eigenvalue weighted by Gasteiger charge is -2.15. The predicted molar refractivity (Wildman–Crippen MR) is 80.4 cm³/mol. The van der Waals surface area contributed by atoms with E-state index in [1.807, 2.05) is 13.0 Å². The van der Waals surface area contributed by atoms with Crippen LogP contribution in [0, 0.1) is 12.1 Å². The molecule has 2 amide bonds. The lowest BCUT2D eigenvalue weighted by molar-refractivity contribution is -0.991. The molecular weight excluding hydrogens is 288 g/mol. The van der Waals surface area contributed by atoms with E-state index in [-0.39, 0.29) is 11.4 Å². The van der Waals surface area contributed by atoms with Crippen molar-refractivity contribution in [2.45, 2.75) is 6.92 Å². The molecule has 1 heterocycles. The minimum absolute atomic E-state index is 0.0724. The molecule has 0 saturated heterocycles. The van der Waals surface area contributed by atoms with Gasteiger partial charge in [-0.1, -0.05) is 0 Å². The molecule has 0 spiro atoms. The molecule has 8 heteroatoms. The second kappa shape index (κ2) is 6.85. The van der Waals surface area contributed by atoms with Crippen molar-refractivity contribution >= 4 is 23.2 Å². The zero-order valence-corrected chi connectivity index (χ0v) is 12.1. The number of aromatic nitrogens is 1. The topological polar surface area (TPSA) is 111 Å². The van der Waals surface area contributed by atoms with E-state index in [0.29, 0.717) is 11.5 Å². The molecule has 1 aromatic heterocycles. The smallest absolute Gasteiger partial charge is 0.324 e. The molecule has 2 rings (SSSR count). The van der Waals surface area contributed by atoms with Crippen LogP contribution in [0.4, 0.5) is 22.0 Å². The number of hydrogen-bond acceptors (Lipinski definition) is 5. The van der Waals surface area contributed by atoms with Gasteiger partial charge < -0.3 is 15.3 Å². The second-order valence-corrected chi connectivity index (χ2v) is 4.52. The first kappa shape index (κ1) is 15.7. The number of aryl methyl sites for hydroxylation is 1. The van der Waals surface area contributed by atoms with Gasteiger partial charge in [0.05, 0.1) is 12.8 Å². The van der Waals surface area contributed by atoms with Crippen molar-refractivity contribution in [1.82, 2.24) is 4.98 Å². The summed E-state index contributed by atoms with van der Waals surface area (Å²) in [6.07, 6.45) is 1.59. The van der Waals surface area contributed by atoms with E-state index in [1.165, 1.54) is 25.3 Å². The van der Waals surface area contributed by atoms with Gasteiger partial charge in [-0.15, -0.1) is 0 Å². The second-order valence-electron chi connectivity index (χ2n) is 4.52. The van der Waals surface area contributed by atoms with Crippen LogP contribution in [0.5, 0.6) is 5.75 Å². The van der Waals surface area contributed by atoms with E-state index in [2.05, 4.69) is 15.6 Å². The summed E-state index contributed by atoms with van der Waals surface area (Å²) >= 11 is 0. The van der Waals surface area contributed by atoms with Crippen LogP contribution in [0.25, 0.3) is 0 Å². The summed E-state index contributed by atoms with van der Waals surface area (Å²) in [5, 5.41) is 24.0. The lowest BCUT2D eigenvalue weighted by atomic mass is 10.2. The fourth-order valence-corrected chi connectivity index (χ4v) is 1.80. The number of nitrogens with zero attached hydrogens (tertiary/aromatic N) is 1. The highest BCUT2D eigenvalue weighted by molar-refractivity contribution is 6.00. The maximum atomic E-state index is 11.9. The van der Waals surface area contributed by atoms with Gasteiger partial charge >= 0.3 is 6.03 Å². The molecular formula is C14H16N4O4. The number of quaternary nitrogens is 1. The van der Waals surface area contributed by atoms with Crippen molar-refractivity contribution in [2.75, 3.05) is 17.7 Å². The largest absolute Gasteiger partial charge is 0.595 e. The van der Waals surface area contributed by atoms with Crippen molar-refractivity contribution in [3.63, 3.8) is 0 Å². The number of nitrogens with one attached hydrogen (secondary N) is 3. The Morgan fingerprint density at radius 2 is 2.09 bits per heavy atom. The van der Waals surface area contributed by atoms with Gasteiger partial charge in [-0.2, -0.15) is 5.23 Å². The van der Waals surface area contributed by atoms with Crippen LogP contribution < -0.4 is 20.6 Å². The van der Waals surface area contributed by atoms with Gasteiger partial charge in [0.15, 0.2) is 5.69 Å². The highest BCUT2D eigenvalue weighted by Crippen LogP contribution is 2.26. The third-order valence-electron chi connectivity index (χ3n) is 2.85. The third-order valence-corrected chi connectivity index (χ3v) is 2.85. The molecule has 0 fully saturated rings. The van der Waals surface area contributed by atoms with Gasteiger partial charge in [-0.05, 0) is 30.7 Å².